The molecule has 0 heterocycles. The fourth-order valence-electron chi connectivity index (χ4n) is 1.36. The lowest BCUT2D eigenvalue weighted by atomic mass is 9.86. The van der Waals surface area contributed by atoms with Gasteiger partial charge in [-0.15, -0.1) is 0 Å². The Bertz CT molecular complexity index is 353. The second kappa shape index (κ2) is 4.34. The largest absolute Gasteiger partial charge is 0.483 e. The van der Waals surface area contributed by atoms with Gasteiger partial charge in [-0.3, -0.25) is 4.79 Å². The van der Waals surface area contributed by atoms with Crippen LogP contribution >= 0.6 is 0 Å². The molecule has 0 atom stereocenters. The van der Waals surface area contributed by atoms with Gasteiger partial charge in [0.15, 0.2) is 6.61 Å². The normalized spacial score (nSPS) is 11.1. The first-order valence-corrected chi connectivity index (χ1v) is 4.92. The van der Waals surface area contributed by atoms with E-state index >= 15 is 0 Å². The van der Waals surface area contributed by atoms with Gasteiger partial charge in [0, 0.05) is 0 Å². The number of carbonyl (C=O) groups is 1. The summed E-state index contributed by atoms with van der Waals surface area (Å²) < 4.78 is 5.35. The maximum atomic E-state index is 10.6. The second-order valence-corrected chi connectivity index (χ2v) is 4.50. The van der Waals surface area contributed by atoms with E-state index in [1.165, 1.54) is 0 Å². The highest BCUT2D eigenvalue weighted by molar-refractivity contribution is 5.75. The number of para-hydroxylation sites is 1. The van der Waals surface area contributed by atoms with E-state index in [1.54, 1.807) is 0 Å². The van der Waals surface area contributed by atoms with Crippen molar-refractivity contribution >= 4 is 5.91 Å². The Morgan fingerprint density at radius 3 is 2.47 bits per heavy atom. The number of benzene rings is 1. The molecular weight excluding hydrogens is 190 g/mol. The summed E-state index contributed by atoms with van der Waals surface area (Å²) in [5.41, 5.74) is 6.11. The summed E-state index contributed by atoms with van der Waals surface area (Å²) in [5, 5.41) is 0. The SMILES string of the molecule is CC(C)(C)c1ccccc1OCC(N)=O. The van der Waals surface area contributed by atoms with Crippen LogP contribution in [0.15, 0.2) is 24.3 Å². The molecule has 1 aromatic carbocycles. The predicted molar refractivity (Wildman–Crippen MR) is 59.8 cm³/mol. The average molecular weight is 207 g/mol. The molecule has 3 nitrogen and oxygen atoms in total. The van der Waals surface area contributed by atoms with Crippen LogP contribution in [0, 0.1) is 0 Å². The average Bonchev–Trinajstić information content (AvgIpc) is 2.13. The summed E-state index contributed by atoms with van der Waals surface area (Å²) in [6.07, 6.45) is 0. The van der Waals surface area contributed by atoms with Gasteiger partial charge in [-0.25, -0.2) is 0 Å². The maximum Gasteiger partial charge on any atom is 0.255 e. The molecular formula is C12H17NO2. The summed E-state index contributed by atoms with van der Waals surface area (Å²) in [5.74, 6) is 0.266. The quantitative estimate of drug-likeness (QED) is 0.822. The zero-order chi connectivity index (χ0) is 11.5. The number of primary amides is 1. The predicted octanol–water partition coefficient (Wildman–Crippen LogP) is 1.85. The van der Waals surface area contributed by atoms with Crippen LogP contribution in [0.5, 0.6) is 5.75 Å². The van der Waals surface area contributed by atoms with Crippen LogP contribution in [0.2, 0.25) is 0 Å². The third-order valence-electron chi connectivity index (χ3n) is 2.07. The highest BCUT2D eigenvalue weighted by atomic mass is 16.5. The molecule has 0 unspecified atom stereocenters. The zero-order valence-corrected chi connectivity index (χ0v) is 9.41. The van der Waals surface area contributed by atoms with Crippen molar-refractivity contribution < 1.29 is 9.53 Å². The lowest BCUT2D eigenvalue weighted by molar-refractivity contribution is -0.119. The number of rotatable bonds is 3. The van der Waals surface area contributed by atoms with E-state index in [9.17, 15) is 4.79 Å². The molecule has 0 radical (unpaired) electrons. The standard InChI is InChI=1S/C12H17NO2/c1-12(2,3)9-6-4-5-7-10(9)15-8-11(13)14/h4-7H,8H2,1-3H3,(H2,13,14). The minimum absolute atomic E-state index is 0.00571. The van der Waals surface area contributed by atoms with Crippen molar-refractivity contribution in [3.63, 3.8) is 0 Å². The van der Waals surface area contributed by atoms with Crippen molar-refractivity contribution in [3.8, 4) is 5.75 Å². The maximum absolute atomic E-state index is 10.6. The lowest BCUT2D eigenvalue weighted by Crippen LogP contribution is -2.21. The second-order valence-electron chi connectivity index (χ2n) is 4.50. The molecule has 0 aliphatic carbocycles. The van der Waals surface area contributed by atoms with Crippen LogP contribution in [0.1, 0.15) is 26.3 Å². The van der Waals surface area contributed by atoms with Crippen LogP contribution in [0.25, 0.3) is 0 Å². The molecule has 0 spiro atoms. The van der Waals surface area contributed by atoms with Gasteiger partial charge in [0.1, 0.15) is 5.75 Å². The van der Waals surface area contributed by atoms with Gasteiger partial charge in [0.05, 0.1) is 0 Å². The molecule has 0 saturated heterocycles. The fourth-order valence-corrected chi connectivity index (χ4v) is 1.36. The fraction of sp³-hybridized carbons (Fsp3) is 0.417. The Kier molecular flexibility index (Phi) is 3.35. The summed E-state index contributed by atoms with van der Waals surface area (Å²) in [7, 11) is 0. The van der Waals surface area contributed by atoms with Crippen molar-refractivity contribution in [2.75, 3.05) is 6.61 Å². The van der Waals surface area contributed by atoms with Gasteiger partial charge in [0.25, 0.3) is 5.91 Å². The monoisotopic (exact) mass is 207 g/mol. The van der Waals surface area contributed by atoms with Crippen molar-refractivity contribution in [1.82, 2.24) is 0 Å². The van der Waals surface area contributed by atoms with Gasteiger partial charge in [0.2, 0.25) is 0 Å². The van der Waals surface area contributed by atoms with E-state index < -0.39 is 5.91 Å². The van der Waals surface area contributed by atoms with Crippen LogP contribution in [-0.4, -0.2) is 12.5 Å². The van der Waals surface area contributed by atoms with E-state index in [1.807, 2.05) is 24.3 Å². The number of hydrogen-bond acceptors (Lipinski definition) is 2. The van der Waals surface area contributed by atoms with Crippen molar-refractivity contribution in [2.24, 2.45) is 5.73 Å². The molecule has 15 heavy (non-hydrogen) atoms. The van der Waals surface area contributed by atoms with Crippen LogP contribution < -0.4 is 10.5 Å². The Labute approximate surface area is 90.2 Å². The molecule has 0 saturated carbocycles. The van der Waals surface area contributed by atoms with Crippen LogP contribution in [0.4, 0.5) is 0 Å². The number of carbonyl (C=O) groups excluding carboxylic acids is 1. The van der Waals surface area contributed by atoms with Gasteiger partial charge in [-0.2, -0.15) is 0 Å². The molecule has 2 N–H and O–H groups in total. The van der Waals surface area contributed by atoms with Crippen LogP contribution in [-0.2, 0) is 10.2 Å². The molecule has 3 heteroatoms. The van der Waals surface area contributed by atoms with Gasteiger partial charge >= 0.3 is 0 Å². The molecule has 1 aromatic rings. The van der Waals surface area contributed by atoms with Gasteiger partial charge in [-0.05, 0) is 17.0 Å². The first kappa shape index (κ1) is 11.6. The lowest BCUT2D eigenvalue weighted by Gasteiger charge is -2.22. The number of hydrogen-bond donors (Lipinski definition) is 1. The number of nitrogens with two attached hydrogens (primary N) is 1. The molecule has 1 rings (SSSR count). The highest BCUT2D eigenvalue weighted by Gasteiger charge is 2.18. The summed E-state index contributed by atoms with van der Waals surface area (Å²) in [6, 6.07) is 7.68. The smallest absolute Gasteiger partial charge is 0.255 e. The zero-order valence-electron chi connectivity index (χ0n) is 9.41. The first-order valence-electron chi connectivity index (χ1n) is 4.92. The Balaban J connectivity index is 2.92. The Morgan fingerprint density at radius 1 is 1.33 bits per heavy atom. The number of ether oxygens (including phenoxy) is 1. The van der Waals surface area contributed by atoms with E-state index in [4.69, 9.17) is 10.5 Å². The molecule has 0 aromatic heterocycles. The third kappa shape index (κ3) is 3.27. The molecule has 0 aliphatic heterocycles. The van der Waals surface area contributed by atoms with E-state index in [0.717, 1.165) is 11.3 Å². The van der Waals surface area contributed by atoms with Crippen molar-refractivity contribution in [2.45, 2.75) is 26.2 Å². The molecule has 0 fully saturated rings. The van der Waals surface area contributed by atoms with E-state index in [-0.39, 0.29) is 12.0 Å². The van der Waals surface area contributed by atoms with Gasteiger partial charge in [-0.1, -0.05) is 39.0 Å². The van der Waals surface area contributed by atoms with E-state index in [0.29, 0.717) is 0 Å². The molecule has 82 valence electrons. The first-order chi connectivity index (χ1) is 6.91. The highest BCUT2D eigenvalue weighted by Crippen LogP contribution is 2.30. The topological polar surface area (TPSA) is 52.3 Å². The minimum Gasteiger partial charge on any atom is -0.483 e. The third-order valence-corrected chi connectivity index (χ3v) is 2.07. The van der Waals surface area contributed by atoms with Crippen molar-refractivity contribution in [1.29, 1.82) is 0 Å². The van der Waals surface area contributed by atoms with Gasteiger partial charge < -0.3 is 10.5 Å². The Morgan fingerprint density at radius 2 is 1.93 bits per heavy atom. The molecule has 1 amide bonds. The van der Waals surface area contributed by atoms with E-state index in [2.05, 4.69) is 20.8 Å². The van der Waals surface area contributed by atoms with Crippen molar-refractivity contribution in [3.05, 3.63) is 29.8 Å². The minimum atomic E-state index is -0.460. The van der Waals surface area contributed by atoms with Crippen LogP contribution in [0.3, 0.4) is 0 Å². The molecule has 0 aliphatic rings. The summed E-state index contributed by atoms with van der Waals surface area (Å²) >= 11 is 0. The summed E-state index contributed by atoms with van der Waals surface area (Å²) in [4.78, 5) is 10.6. The summed E-state index contributed by atoms with van der Waals surface area (Å²) in [6.45, 7) is 6.21. The Hall–Kier alpha value is -1.51. The number of amides is 1. The molecule has 0 bridgehead atoms.